The Labute approximate surface area is 137 Å². The van der Waals surface area contributed by atoms with Gasteiger partial charge in [-0.15, -0.1) is 0 Å². The first-order valence-electron chi connectivity index (χ1n) is 8.47. The van der Waals surface area contributed by atoms with Gasteiger partial charge < -0.3 is 13.9 Å². The maximum atomic E-state index is 12.3. The zero-order valence-corrected chi connectivity index (χ0v) is 16.4. The molecule has 1 saturated heterocycles. The third kappa shape index (κ3) is 5.15. The van der Waals surface area contributed by atoms with E-state index in [2.05, 4.69) is 40.8 Å². The average Bonchev–Trinajstić information content (AvgIpc) is 2.41. The summed E-state index contributed by atoms with van der Waals surface area (Å²) in [7, 11) is -0.267. The molecule has 4 nitrogen and oxygen atoms in total. The van der Waals surface area contributed by atoms with E-state index in [0.717, 1.165) is 19.3 Å². The van der Waals surface area contributed by atoms with Gasteiger partial charge in [0, 0.05) is 13.5 Å². The van der Waals surface area contributed by atoms with Crippen LogP contribution in [0.1, 0.15) is 53.4 Å². The van der Waals surface area contributed by atoms with E-state index >= 15 is 0 Å². The molecule has 1 aliphatic rings. The second-order valence-electron chi connectivity index (χ2n) is 7.84. The first kappa shape index (κ1) is 19.8. The van der Waals surface area contributed by atoms with Crippen LogP contribution in [0.4, 0.5) is 0 Å². The van der Waals surface area contributed by atoms with Crippen LogP contribution >= 0.6 is 0 Å². The van der Waals surface area contributed by atoms with E-state index in [-0.39, 0.29) is 23.0 Å². The van der Waals surface area contributed by atoms with Crippen LogP contribution in [-0.2, 0) is 18.7 Å². The highest BCUT2D eigenvalue weighted by Crippen LogP contribution is 2.37. The molecule has 0 aromatic heterocycles. The van der Waals surface area contributed by atoms with E-state index in [1.807, 2.05) is 0 Å². The lowest BCUT2D eigenvalue weighted by Gasteiger charge is -2.40. The monoisotopic (exact) mass is 330 g/mol. The standard InChI is InChI=1S/C17H34O4Si/c1-8-9-10-13-11-14(18)16(19-5)15(21-13)12-20-22(6,7)17(2,3)4/h13,15-16H,8-12H2,1-7H3/t13-,15-,16+/m1/s1. The Kier molecular flexibility index (Phi) is 7.24. The van der Waals surface area contributed by atoms with Gasteiger partial charge in [-0.25, -0.2) is 0 Å². The van der Waals surface area contributed by atoms with Crippen LogP contribution in [0.2, 0.25) is 18.1 Å². The minimum absolute atomic E-state index is 0.0202. The van der Waals surface area contributed by atoms with Crippen LogP contribution < -0.4 is 0 Å². The first-order chi connectivity index (χ1) is 10.1. The normalized spacial score (nSPS) is 27.2. The fourth-order valence-electron chi connectivity index (χ4n) is 2.43. The molecule has 0 bridgehead atoms. The Balaban J connectivity index is 2.69. The topological polar surface area (TPSA) is 44.8 Å². The summed E-state index contributed by atoms with van der Waals surface area (Å²) in [5.74, 6) is 0.152. The number of rotatable bonds is 7. The lowest BCUT2D eigenvalue weighted by molar-refractivity contribution is -0.167. The maximum Gasteiger partial charge on any atom is 0.192 e. The van der Waals surface area contributed by atoms with Crippen molar-refractivity contribution in [3.05, 3.63) is 0 Å². The number of unbranched alkanes of at least 4 members (excludes halogenated alkanes) is 1. The Bertz CT molecular complexity index is 362. The molecule has 130 valence electrons. The molecule has 1 rings (SSSR count). The molecule has 0 radical (unpaired) electrons. The summed E-state index contributed by atoms with van der Waals surface area (Å²) < 4.78 is 17.8. The third-order valence-corrected chi connectivity index (χ3v) is 9.50. The van der Waals surface area contributed by atoms with Crippen molar-refractivity contribution in [2.45, 2.75) is 89.8 Å². The summed E-state index contributed by atoms with van der Waals surface area (Å²) in [5.41, 5.74) is 0. The van der Waals surface area contributed by atoms with E-state index in [4.69, 9.17) is 13.9 Å². The fourth-order valence-corrected chi connectivity index (χ4v) is 3.45. The van der Waals surface area contributed by atoms with Gasteiger partial charge in [0.05, 0.1) is 12.7 Å². The molecule has 1 heterocycles. The second kappa shape index (κ2) is 8.04. The van der Waals surface area contributed by atoms with Crippen LogP contribution in [-0.4, -0.2) is 46.1 Å². The molecule has 0 saturated carbocycles. The Morgan fingerprint density at radius 3 is 2.45 bits per heavy atom. The Morgan fingerprint density at radius 2 is 1.95 bits per heavy atom. The first-order valence-corrected chi connectivity index (χ1v) is 11.4. The predicted molar refractivity (Wildman–Crippen MR) is 91.8 cm³/mol. The lowest BCUT2D eigenvalue weighted by atomic mass is 9.97. The van der Waals surface area contributed by atoms with Crippen molar-refractivity contribution in [3.63, 3.8) is 0 Å². The molecule has 0 unspecified atom stereocenters. The largest absolute Gasteiger partial charge is 0.414 e. The molecular weight excluding hydrogens is 296 g/mol. The van der Waals surface area contributed by atoms with Crippen LogP contribution in [0.5, 0.6) is 0 Å². The molecule has 0 spiro atoms. The third-order valence-electron chi connectivity index (χ3n) is 5.00. The molecule has 3 atom stereocenters. The summed E-state index contributed by atoms with van der Waals surface area (Å²) in [6.07, 6.45) is 2.87. The highest BCUT2D eigenvalue weighted by molar-refractivity contribution is 6.74. The van der Waals surface area contributed by atoms with Crippen molar-refractivity contribution in [2.24, 2.45) is 0 Å². The van der Waals surface area contributed by atoms with E-state index in [9.17, 15) is 4.79 Å². The SMILES string of the molecule is CCCC[C@@H]1CC(=O)[C@H](OC)[C@@H](CO[Si](C)(C)C(C)(C)C)O1. The van der Waals surface area contributed by atoms with Crippen LogP contribution in [0.15, 0.2) is 0 Å². The fraction of sp³-hybridized carbons (Fsp3) is 0.941. The molecule has 22 heavy (non-hydrogen) atoms. The number of carbonyl (C=O) groups excluding carboxylic acids is 1. The summed E-state index contributed by atoms with van der Waals surface area (Å²) in [4.78, 5) is 12.3. The number of methoxy groups -OCH3 is 1. The smallest absolute Gasteiger partial charge is 0.192 e. The molecule has 0 N–H and O–H groups in total. The summed E-state index contributed by atoms with van der Waals surface area (Å²) in [6, 6.07) is 0. The maximum absolute atomic E-state index is 12.3. The minimum atomic E-state index is -1.85. The van der Waals surface area contributed by atoms with E-state index < -0.39 is 14.4 Å². The highest BCUT2D eigenvalue weighted by atomic mass is 28.4. The minimum Gasteiger partial charge on any atom is -0.414 e. The summed E-state index contributed by atoms with van der Waals surface area (Å²) in [5, 5.41) is 0.149. The zero-order valence-electron chi connectivity index (χ0n) is 15.4. The van der Waals surface area contributed by atoms with Crippen LogP contribution in [0, 0.1) is 0 Å². The number of ketones is 1. The average molecular weight is 331 g/mol. The number of hydrogen-bond donors (Lipinski definition) is 0. The zero-order chi connectivity index (χ0) is 17.0. The summed E-state index contributed by atoms with van der Waals surface area (Å²) >= 11 is 0. The molecular formula is C17H34O4Si. The number of carbonyl (C=O) groups is 1. The van der Waals surface area contributed by atoms with Gasteiger partial charge in [-0.1, -0.05) is 40.5 Å². The van der Waals surface area contributed by atoms with Gasteiger partial charge in [-0.2, -0.15) is 0 Å². The van der Waals surface area contributed by atoms with Crippen molar-refractivity contribution in [3.8, 4) is 0 Å². The van der Waals surface area contributed by atoms with Crippen LogP contribution in [0.3, 0.4) is 0 Å². The molecule has 1 aliphatic heterocycles. The van der Waals surface area contributed by atoms with Gasteiger partial charge >= 0.3 is 0 Å². The van der Waals surface area contributed by atoms with E-state index in [1.54, 1.807) is 7.11 Å². The molecule has 0 amide bonds. The van der Waals surface area contributed by atoms with Gasteiger partial charge in [0.15, 0.2) is 14.1 Å². The van der Waals surface area contributed by atoms with Gasteiger partial charge in [0.1, 0.15) is 12.2 Å². The molecule has 5 heteroatoms. The highest BCUT2D eigenvalue weighted by Gasteiger charge is 2.42. The number of ether oxygens (including phenoxy) is 2. The van der Waals surface area contributed by atoms with E-state index in [1.165, 1.54) is 0 Å². The van der Waals surface area contributed by atoms with Gasteiger partial charge in [-0.3, -0.25) is 4.79 Å². The van der Waals surface area contributed by atoms with Crippen molar-refractivity contribution in [1.29, 1.82) is 0 Å². The summed E-state index contributed by atoms with van der Waals surface area (Å²) in [6.45, 7) is 13.7. The van der Waals surface area contributed by atoms with Crippen molar-refractivity contribution >= 4 is 14.1 Å². The molecule has 0 aromatic carbocycles. The number of hydrogen-bond acceptors (Lipinski definition) is 4. The Morgan fingerprint density at radius 1 is 1.32 bits per heavy atom. The molecule has 0 aromatic rings. The van der Waals surface area contributed by atoms with Crippen molar-refractivity contribution in [1.82, 2.24) is 0 Å². The predicted octanol–water partition coefficient (Wildman–Crippen LogP) is 3.94. The number of Topliss-reactive ketones (excluding diaryl/α,β-unsaturated/α-hetero) is 1. The van der Waals surface area contributed by atoms with Gasteiger partial charge in [0.2, 0.25) is 0 Å². The molecule has 0 aliphatic carbocycles. The Hall–Kier alpha value is -0.233. The molecule has 1 fully saturated rings. The van der Waals surface area contributed by atoms with Crippen LogP contribution in [0.25, 0.3) is 0 Å². The quantitative estimate of drug-likeness (QED) is 0.663. The van der Waals surface area contributed by atoms with E-state index in [0.29, 0.717) is 13.0 Å². The second-order valence-corrected chi connectivity index (χ2v) is 12.6. The van der Waals surface area contributed by atoms with Gasteiger partial charge in [-0.05, 0) is 24.6 Å². The van der Waals surface area contributed by atoms with Crippen molar-refractivity contribution in [2.75, 3.05) is 13.7 Å². The lowest BCUT2D eigenvalue weighted by Crippen LogP contribution is -2.51. The van der Waals surface area contributed by atoms with Gasteiger partial charge in [0.25, 0.3) is 0 Å². The van der Waals surface area contributed by atoms with Crippen molar-refractivity contribution < 1.29 is 18.7 Å².